The normalized spacial score (nSPS) is 11.1. The van der Waals surface area contributed by atoms with Crippen molar-refractivity contribution in [2.45, 2.75) is 58.3 Å². The van der Waals surface area contributed by atoms with Crippen molar-refractivity contribution in [3.8, 4) is 0 Å². The quantitative estimate of drug-likeness (QED) is 0.402. The minimum Gasteiger partial charge on any atom is -0.286 e. The van der Waals surface area contributed by atoms with Gasteiger partial charge in [-0.3, -0.25) is 4.55 Å². The molecule has 0 aromatic carbocycles. The molecule has 0 aromatic rings. The van der Waals surface area contributed by atoms with Gasteiger partial charge in [-0.2, -0.15) is 8.42 Å². The first-order valence-corrected chi connectivity index (χ1v) is 7.12. The number of rotatable bonds is 9. The second kappa shape index (κ2) is 11.1. The Morgan fingerprint density at radius 1 is 0.867 bits per heavy atom. The second-order valence-corrected chi connectivity index (χ2v) is 5.33. The third-order valence-electron chi connectivity index (χ3n) is 2.26. The van der Waals surface area contributed by atoms with Crippen molar-refractivity contribution >= 4 is 10.1 Å². The summed E-state index contributed by atoms with van der Waals surface area (Å²) in [7, 11) is -3.73. The molecule has 15 heavy (non-hydrogen) atoms. The summed E-state index contributed by atoms with van der Waals surface area (Å²) in [6.45, 7) is 2.19. The van der Waals surface area contributed by atoms with Crippen molar-refractivity contribution in [3.63, 3.8) is 0 Å². The number of unbranched alkanes of at least 4 members (excludes halogenated alkanes) is 7. The molecule has 0 bridgehead atoms. The molecule has 0 rings (SSSR count). The van der Waals surface area contributed by atoms with Crippen LogP contribution >= 0.6 is 0 Å². The third-order valence-corrected chi connectivity index (χ3v) is 3.06. The van der Waals surface area contributed by atoms with Gasteiger partial charge in [0.15, 0.2) is 0 Å². The summed E-state index contributed by atoms with van der Waals surface area (Å²) in [5.74, 6) is -0.0814. The van der Waals surface area contributed by atoms with Crippen molar-refractivity contribution < 1.29 is 35.4 Å². The van der Waals surface area contributed by atoms with Crippen LogP contribution in [0.4, 0.5) is 0 Å². The molecule has 0 aromatic heterocycles. The fourth-order valence-corrected chi connectivity index (χ4v) is 1.99. The van der Waals surface area contributed by atoms with E-state index in [1.165, 1.54) is 32.1 Å². The van der Waals surface area contributed by atoms with Crippen molar-refractivity contribution in [3.05, 3.63) is 0 Å². The van der Waals surface area contributed by atoms with Gasteiger partial charge in [0.25, 0.3) is 10.1 Å². The predicted molar refractivity (Wildman–Crippen MR) is 59.0 cm³/mol. The molecule has 97 valence electrons. The first kappa shape index (κ1) is 18.0. The van der Waals surface area contributed by atoms with Crippen molar-refractivity contribution in [2.24, 2.45) is 0 Å². The Morgan fingerprint density at radius 2 is 1.27 bits per heavy atom. The Balaban J connectivity index is 0. The fraction of sp³-hybridized carbons (Fsp3) is 1.00. The maximum atomic E-state index is 10.4. The van der Waals surface area contributed by atoms with Crippen LogP contribution in [0.25, 0.3) is 0 Å². The maximum absolute atomic E-state index is 10.4. The van der Waals surface area contributed by atoms with E-state index in [4.69, 9.17) is 4.55 Å². The van der Waals surface area contributed by atoms with Gasteiger partial charge in [-0.1, -0.05) is 51.9 Å². The Hall–Kier alpha value is 0.650. The topological polar surface area (TPSA) is 54.4 Å². The van der Waals surface area contributed by atoms with Crippen LogP contribution in [0.2, 0.25) is 0 Å². The van der Waals surface area contributed by atoms with Crippen LogP contribution < -0.4 is 0 Å². The molecular weight excluding hydrogens is 308 g/mol. The van der Waals surface area contributed by atoms with Gasteiger partial charge in [-0.15, -0.1) is 0 Å². The first-order valence-electron chi connectivity index (χ1n) is 5.51. The first-order chi connectivity index (χ1) is 6.56. The molecule has 0 spiro atoms. The van der Waals surface area contributed by atoms with Crippen LogP contribution in [-0.2, 0) is 32.5 Å². The molecule has 5 heteroatoms. The van der Waals surface area contributed by atoms with E-state index >= 15 is 0 Å². The van der Waals surface area contributed by atoms with Crippen molar-refractivity contribution in [1.82, 2.24) is 0 Å². The SMILES string of the molecule is CCCCCCCCCCS(=O)(=O)O.[Ag]. The molecule has 0 aliphatic heterocycles. The van der Waals surface area contributed by atoms with E-state index in [9.17, 15) is 8.42 Å². The van der Waals surface area contributed by atoms with Gasteiger partial charge >= 0.3 is 0 Å². The summed E-state index contributed by atoms with van der Waals surface area (Å²) in [5, 5.41) is 0. The third kappa shape index (κ3) is 17.3. The molecule has 1 N–H and O–H groups in total. The summed E-state index contributed by atoms with van der Waals surface area (Å²) in [6, 6.07) is 0. The van der Waals surface area contributed by atoms with Gasteiger partial charge in [-0.25, -0.2) is 0 Å². The summed E-state index contributed by atoms with van der Waals surface area (Å²) < 4.78 is 29.2. The van der Waals surface area contributed by atoms with Crippen LogP contribution in [0.5, 0.6) is 0 Å². The van der Waals surface area contributed by atoms with E-state index in [1.807, 2.05) is 0 Å². The van der Waals surface area contributed by atoms with E-state index in [-0.39, 0.29) is 28.1 Å². The van der Waals surface area contributed by atoms with E-state index in [1.54, 1.807) is 0 Å². The van der Waals surface area contributed by atoms with Crippen molar-refractivity contribution in [2.75, 3.05) is 5.75 Å². The van der Waals surface area contributed by atoms with E-state index in [0.29, 0.717) is 6.42 Å². The predicted octanol–water partition coefficient (Wildman–Crippen LogP) is 3.01. The zero-order valence-electron chi connectivity index (χ0n) is 9.34. The second-order valence-electron chi connectivity index (χ2n) is 3.76. The molecule has 1 radical (unpaired) electrons. The molecule has 0 fully saturated rings. The Kier molecular flexibility index (Phi) is 13.4. The Labute approximate surface area is 109 Å². The van der Waals surface area contributed by atoms with Gasteiger partial charge in [0.1, 0.15) is 0 Å². The van der Waals surface area contributed by atoms with E-state index in [0.717, 1.165) is 12.8 Å². The van der Waals surface area contributed by atoms with Crippen LogP contribution in [0.3, 0.4) is 0 Å². The minimum atomic E-state index is -3.73. The summed E-state index contributed by atoms with van der Waals surface area (Å²) in [4.78, 5) is 0. The van der Waals surface area contributed by atoms with Gasteiger partial charge in [0, 0.05) is 22.4 Å². The molecular formula is C10H22AgO3S. The van der Waals surface area contributed by atoms with Gasteiger partial charge < -0.3 is 0 Å². The minimum absolute atomic E-state index is 0. The van der Waals surface area contributed by atoms with Crippen LogP contribution in [0, 0.1) is 0 Å². The summed E-state index contributed by atoms with van der Waals surface area (Å²) in [6.07, 6.45) is 8.85. The molecule has 0 aliphatic rings. The Morgan fingerprint density at radius 3 is 1.67 bits per heavy atom. The molecule has 0 heterocycles. The average Bonchev–Trinajstić information content (AvgIpc) is 2.08. The molecule has 0 atom stereocenters. The van der Waals surface area contributed by atoms with Gasteiger partial charge in [-0.05, 0) is 6.42 Å². The molecule has 0 aliphatic carbocycles. The average molecular weight is 330 g/mol. The van der Waals surface area contributed by atoms with E-state index < -0.39 is 10.1 Å². The van der Waals surface area contributed by atoms with Crippen LogP contribution in [-0.4, -0.2) is 18.7 Å². The maximum Gasteiger partial charge on any atom is 0.264 e. The molecule has 0 unspecified atom stereocenters. The number of hydrogen-bond donors (Lipinski definition) is 1. The largest absolute Gasteiger partial charge is 0.286 e. The smallest absolute Gasteiger partial charge is 0.264 e. The molecule has 0 saturated carbocycles. The van der Waals surface area contributed by atoms with Crippen LogP contribution in [0.1, 0.15) is 58.3 Å². The zero-order valence-corrected chi connectivity index (χ0v) is 11.6. The monoisotopic (exact) mass is 329 g/mol. The van der Waals surface area contributed by atoms with Crippen LogP contribution in [0.15, 0.2) is 0 Å². The van der Waals surface area contributed by atoms with Gasteiger partial charge in [0.05, 0.1) is 5.75 Å². The fourth-order valence-electron chi connectivity index (χ4n) is 1.42. The summed E-state index contributed by atoms with van der Waals surface area (Å²) >= 11 is 0. The standard InChI is InChI=1S/C10H22O3S.Ag/c1-2-3-4-5-6-7-8-9-10-14(11,12)13;/h2-10H2,1H3,(H,11,12,13);. The zero-order chi connectivity index (χ0) is 10.9. The van der Waals surface area contributed by atoms with Crippen molar-refractivity contribution in [1.29, 1.82) is 0 Å². The Bertz CT molecular complexity index is 215. The molecule has 3 nitrogen and oxygen atoms in total. The summed E-state index contributed by atoms with van der Waals surface area (Å²) in [5.41, 5.74) is 0. The van der Waals surface area contributed by atoms with E-state index in [2.05, 4.69) is 6.92 Å². The number of hydrogen-bond acceptors (Lipinski definition) is 2. The molecule has 0 amide bonds. The molecule has 0 saturated heterocycles. The van der Waals surface area contributed by atoms with Gasteiger partial charge in [0.2, 0.25) is 0 Å².